The van der Waals surface area contributed by atoms with Crippen molar-refractivity contribution in [2.45, 2.75) is 50.6 Å². The molecule has 3 rings (SSSR count). The van der Waals surface area contributed by atoms with E-state index >= 15 is 0 Å². The molecule has 1 saturated carbocycles. The summed E-state index contributed by atoms with van der Waals surface area (Å²) in [6.45, 7) is 6.09. The lowest BCUT2D eigenvalue weighted by Gasteiger charge is -2.21. The van der Waals surface area contributed by atoms with Gasteiger partial charge in [-0.05, 0) is 13.8 Å². The molecule has 2 aliphatic heterocycles. The zero-order chi connectivity index (χ0) is 10.8. The van der Waals surface area contributed by atoms with Gasteiger partial charge in [0.15, 0.2) is 0 Å². The zero-order valence-corrected chi connectivity index (χ0v) is 9.28. The van der Waals surface area contributed by atoms with Crippen molar-refractivity contribution in [3.63, 3.8) is 0 Å². The average molecular weight is 212 g/mol. The van der Waals surface area contributed by atoms with Gasteiger partial charge in [-0.2, -0.15) is 0 Å². The van der Waals surface area contributed by atoms with Crippen LogP contribution in [0.25, 0.3) is 0 Å². The highest BCUT2D eigenvalue weighted by molar-refractivity contribution is 5.65. The van der Waals surface area contributed by atoms with Gasteiger partial charge < -0.3 is 14.2 Å². The average Bonchev–Trinajstić information content (AvgIpc) is 2.91. The quantitative estimate of drug-likeness (QED) is 0.503. The molecule has 4 heteroatoms. The Balaban J connectivity index is 1.71. The smallest absolute Gasteiger partial charge is 0.302 e. The van der Waals surface area contributed by atoms with Gasteiger partial charge in [-0.3, -0.25) is 4.79 Å². The van der Waals surface area contributed by atoms with Gasteiger partial charge in [-0.25, -0.2) is 0 Å². The van der Waals surface area contributed by atoms with Crippen LogP contribution in [0.5, 0.6) is 0 Å². The lowest BCUT2D eigenvalue weighted by molar-refractivity contribution is -0.142. The number of hydrogen-bond donors (Lipinski definition) is 0. The molecule has 1 unspecified atom stereocenters. The number of fused-ring (bicyclic) bond motifs is 2. The Hall–Kier alpha value is -0.610. The Bertz CT molecular complexity index is 307. The highest BCUT2D eigenvalue weighted by Gasteiger charge is 2.74. The van der Waals surface area contributed by atoms with Crippen LogP contribution in [0.3, 0.4) is 0 Å². The second-order valence-corrected chi connectivity index (χ2v) is 5.35. The van der Waals surface area contributed by atoms with E-state index in [-0.39, 0.29) is 35.3 Å². The Labute approximate surface area is 88.9 Å². The van der Waals surface area contributed by atoms with E-state index in [1.54, 1.807) is 0 Å². The molecule has 3 fully saturated rings. The standard InChI is InChI=1S/C11H16O4/c1-6(12)13-4-7-8-10(2,14-8)5-11(3)9(7)15-11/h7-9H,4-5H2,1-3H3/t7?,8-,9+,10+,11-. The summed E-state index contributed by atoms with van der Waals surface area (Å²) in [4.78, 5) is 10.8. The summed E-state index contributed by atoms with van der Waals surface area (Å²) in [5, 5.41) is 0. The lowest BCUT2D eigenvalue weighted by Crippen LogP contribution is -2.38. The second-order valence-electron chi connectivity index (χ2n) is 5.35. The number of rotatable bonds is 2. The number of epoxide rings is 2. The summed E-state index contributed by atoms with van der Waals surface area (Å²) >= 11 is 0. The molecule has 0 aromatic carbocycles. The number of ether oxygens (including phenoxy) is 3. The molecule has 0 radical (unpaired) electrons. The van der Waals surface area contributed by atoms with E-state index in [4.69, 9.17) is 14.2 Å². The van der Waals surface area contributed by atoms with Gasteiger partial charge in [0.25, 0.3) is 0 Å². The van der Waals surface area contributed by atoms with Gasteiger partial charge >= 0.3 is 5.97 Å². The van der Waals surface area contributed by atoms with Crippen LogP contribution in [0.1, 0.15) is 27.2 Å². The van der Waals surface area contributed by atoms with Crippen LogP contribution in [-0.2, 0) is 19.0 Å². The summed E-state index contributed by atoms with van der Waals surface area (Å²) in [5.41, 5.74) is -0.0703. The molecular weight excluding hydrogens is 196 g/mol. The van der Waals surface area contributed by atoms with E-state index < -0.39 is 0 Å². The van der Waals surface area contributed by atoms with Crippen molar-refractivity contribution in [1.29, 1.82) is 0 Å². The molecule has 2 heterocycles. The van der Waals surface area contributed by atoms with Crippen LogP contribution in [0.15, 0.2) is 0 Å². The molecule has 0 N–H and O–H groups in total. The molecule has 0 aromatic heterocycles. The third kappa shape index (κ3) is 1.31. The van der Waals surface area contributed by atoms with E-state index in [1.807, 2.05) is 0 Å². The first-order valence-corrected chi connectivity index (χ1v) is 5.44. The van der Waals surface area contributed by atoms with E-state index in [0.717, 1.165) is 6.42 Å². The molecule has 5 atom stereocenters. The fourth-order valence-corrected chi connectivity index (χ4v) is 3.12. The normalized spacial score (nSPS) is 55.3. The predicted molar refractivity (Wildman–Crippen MR) is 51.3 cm³/mol. The molecule has 0 spiro atoms. The third-order valence-electron chi connectivity index (χ3n) is 3.84. The van der Waals surface area contributed by atoms with E-state index in [2.05, 4.69) is 13.8 Å². The van der Waals surface area contributed by atoms with Crippen molar-refractivity contribution in [2.75, 3.05) is 6.61 Å². The number of carbonyl (C=O) groups excluding carboxylic acids is 1. The molecular formula is C11H16O4. The van der Waals surface area contributed by atoms with Crippen LogP contribution in [0.4, 0.5) is 0 Å². The molecule has 2 saturated heterocycles. The molecule has 1 aliphatic carbocycles. The van der Waals surface area contributed by atoms with Crippen LogP contribution >= 0.6 is 0 Å². The van der Waals surface area contributed by atoms with E-state index in [0.29, 0.717) is 6.61 Å². The number of hydrogen-bond acceptors (Lipinski definition) is 4. The molecule has 0 amide bonds. The van der Waals surface area contributed by atoms with Crippen molar-refractivity contribution in [3.05, 3.63) is 0 Å². The van der Waals surface area contributed by atoms with Crippen molar-refractivity contribution in [3.8, 4) is 0 Å². The Morgan fingerprint density at radius 1 is 1.33 bits per heavy atom. The Morgan fingerprint density at radius 2 is 1.87 bits per heavy atom. The summed E-state index contributed by atoms with van der Waals surface area (Å²) < 4.78 is 16.5. The van der Waals surface area contributed by atoms with Gasteiger partial charge in [0.05, 0.1) is 35.9 Å². The Morgan fingerprint density at radius 3 is 2.33 bits per heavy atom. The first kappa shape index (κ1) is 9.60. The topological polar surface area (TPSA) is 51.4 Å². The van der Waals surface area contributed by atoms with Gasteiger partial charge in [0, 0.05) is 13.3 Å². The van der Waals surface area contributed by atoms with Crippen molar-refractivity contribution < 1.29 is 19.0 Å². The van der Waals surface area contributed by atoms with Crippen molar-refractivity contribution in [1.82, 2.24) is 0 Å². The molecule has 84 valence electrons. The van der Waals surface area contributed by atoms with E-state index in [9.17, 15) is 4.79 Å². The summed E-state index contributed by atoms with van der Waals surface area (Å²) in [6, 6.07) is 0. The summed E-state index contributed by atoms with van der Waals surface area (Å²) in [6.07, 6.45) is 1.40. The number of carbonyl (C=O) groups is 1. The van der Waals surface area contributed by atoms with Crippen LogP contribution in [0, 0.1) is 5.92 Å². The Kier molecular flexibility index (Phi) is 1.63. The minimum atomic E-state index is -0.231. The van der Waals surface area contributed by atoms with Gasteiger partial charge in [-0.1, -0.05) is 0 Å². The largest absolute Gasteiger partial charge is 0.465 e. The monoisotopic (exact) mass is 212 g/mol. The molecule has 15 heavy (non-hydrogen) atoms. The fourth-order valence-electron chi connectivity index (χ4n) is 3.12. The van der Waals surface area contributed by atoms with E-state index in [1.165, 1.54) is 6.92 Å². The number of esters is 1. The highest BCUT2D eigenvalue weighted by atomic mass is 16.7. The van der Waals surface area contributed by atoms with Gasteiger partial charge in [0.2, 0.25) is 0 Å². The maximum absolute atomic E-state index is 10.8. The predicted octanol–water partition coefficient (Wildman–Crippen LogP) is 0.884. The van der Waals surface area contributed by atoms with Crippen LogP contribution in [0.2, 0.25) is 0 Å². The maximum atomic E-state index is 10.8. The third-order valence-corrected chi connectivity index (χ3v) is 3.84. The summed E-state index contributed by atoms with van der Waals surface area (Å²) in [5.74, 6) is -0.0112. The highest BCUT2D eigenvalue weighted by Crippen LogP contribution is 2.62. The molecule has 0 aromatic rings. The van der Waals surface area contributed by atoms with Crippen molar-refractivity contribution in [2.24, 2.45) is 5.92 Å². The van der Waals surface area contributed by atoms with Gasteiger partial charge in [0.1, 0.15) is 0 Å². The SMILES string of the molecule is CC(=O)OCC1[C@H]2O[C@@]2(C)C[C@@]2(C)O[C@@H]12. The molecule has 0 bridgehead atoms. The first-order valence-electron chi connectivity index (χ1n) is 5.44. The second kappa shape index (κ2) is 2.55. The molecule has 4 nitrogen and oxygen atoms in total. The van der Waals surface area contributed by atoms with Crippen LogP contribution < -0.4 is 0 Å². The maximum Gasteiger partial charge on any atom is 0.302 e. The van der Waals surface area contributed by atoms with Crippen LogP contribution in [-0.4, -0.2) is 36.0 Å². The first-order chi connectivity index (χ1) is 6.95. The molecule has 3 aliphatic rings. The van der Waals surface area contributed by atoms with Gasteiger partial charge in [-0.15, -0.1) is 0 Å². The minimum absolute atomic E-state index is 0.0352. The zero-order valence-electron chi connectivity index (χ0n) is 9.28. The summed E-state index contributed by atoms with van der Waals surface area (Å²) in [7, 11) is 0. The van der Waals surface area contributed by atoms with Crippen molar-refractivity contribution >= 4 is 5.97 Å². The minimum Gasteiger partial charge on any atom is -0.465 e. The fraction of sp³-hybridized carbons (Fsp3) is 0.909. The lowest BCUT2D eigenvalue weighted by atomic mass is 9.77.